The van der Waals surface area contributed by atoms with Gasteiger partial charge in [0, 0.05) is 5.75 Å². The van der Waals surface area contributed by atoms with E-state index in [1.807, 2.05) is 0 Å². The highest BCUT2D eigenvalue weighted by Gasteiger charge is 2.29. The summed E-state index contributed by atoms with van der Waals surface area (Å²) in [5.41, 5.74) is 0. The van der Waals surface area contributed by atoms with Crippen LogP contribution < -0.4 is 0 Å². The van der Waals surface area contributed by atoms with Crippen molar-refractivity contribution in [2.45, 2.75) is 63.4 Å². The lowest BCUT2D eigenvalue weighted by Gasteiger charge is -2.25. The average molecular weight is 296 g/mol. The maximum Gasteiger partial charge on any atom is 0.111 e. The predicted octanol–water partition coefficient (Wildman–Crippen LogP) is 0.126. The van der Waals surface area contributed by atoms with Gasteiger partial charge >= 0.3 is 0 Å². The van der Waals surface area contributed by atoms with Crippen molar-refractivity contribution in [2.24, 2.45) is 0 Å². The van der Waals surface area contributed by atoms with E-state index in [0.29, 0.717) is 5.75 Å². The summed E-state index contributed by atoms with van der Waals surface area (Å²) in [7, 11) is 0. The largest absolute Gasteiger partial charge is 0.394 e. The lowest BCUT2D eigenvalue weighted by molar-refractivity contribution is -0.109. The molecule has 0 saturated carbocycles. The van der Waals surface area contributed by atoms with E-state index >= 15 is 0 Å². The molecule has 0 rings (SSSR count). The minimum Gasteiger partial charge on any atom is -0.394 e. The third-order valence-corrected chi connectivity index (χ3v) is 4.16. The van der Waals surface area contributed by atoms with Gasteiger partial charge in [-0.25, -0.2) is 0 Å². The SMILES string of the molecule is CCCCCCCSC[C@H](O)[C@@H](O)[C@@H](O)[C@H](O)CO. The molecule has 0 aliphatic carbocycles. The Hall–Kier alpha value is 0.150. The third-order valence-electron chi connectivity index (χ3n) is 3.01. The molecule has 0 radical (unpaired) electrons. The van der Waals surface area contributed by atoms with Gasteiger partial charge in [0.25, 0.3) is 0 Å². The van der Waals surface area contributed by atoms with Crippen LogP contribution in [-0.2, 0) is 0 Å². The molecule has 0 aromatic heterocycles. The molecule has 0 aromatic rings. The first kappa shape index (κ1) is 19.1. The number of hydrogen-bond acceptors (Lipinski definition) is 6. The summed E-state index contributed by atoms with van der Waals surface area (Å²) in [5, 5.41) is 46.5. The molecule has 0 aliphatic rings. The van der Waals surface area contributed by atoms with Crippen molar-refractivity contribution in [2.75, 3.05) is 18.1 Å². The number of thioether (sulfide) groups is 1. The minimum atomic E-state index is -1.52. The first-order chi connectivity index (χ1) is 9.04. The molecule has 0 spiro atoms. The standard InChI is InChI=1S/C13H28O5S/c1-2-3-4-5-6-7-19-9-11(16)13(18)12(17)10(15)8-14/h10-18H,2-9H2,1H3/t10-,11+,12+,13-/m1/s1. The molecule has 0 bridgehead atoms. The monoisotopic (exact) mass is 296 g/mol. The zero-order chi connectivity index (χ0) is 14.7. The van der Waals surface area contributed by atoms with Crippen LogP contribution in [0.3, 0.4) is 0 Å². The number of aliphatic hydroxyl groups is 5. The van der Waals surface area contributed by atoms with Gasteiger partial charge in [-0.1, -0.05) is 32.6 Å². The second-order valence-electron chi connectivity index (χ2n) is 4.79. The summed E-state index contributed by atoms with van der Waals surface area (Å²) >= 11 is 1.52. The van der Waals surface area contributed by atoms with Crippen molar-refractivity contribution in [1.29, 1.82) is 0 Å². The zero-order valence-electron chi connectivity index (χ0n) is 11.6. The molecule has 19 heavy (non-hydrogen) atoms. The van der Waals surface area contributed by atoms with E-state index in [1.165, 1.54) is 37.4 Å². The third kappa shape index (κ3) is 8.83. The van der Waals surface area contributed by atoms with Gasteiger partial charge in [0.1, 0.15) is 18.3 Å². The van der Waals surface area contributed by atoms with E-state index in [-0.39, 0.29) is 0 Å². The second kappa shape index (κ2) is 11.9. The molecule has 0 saturated heterocycles. The molecular weight excluding hydrogens is 268 g/mol. The molecule has 0 aromatic carbocycles. The summed E-state index contributed by atoms with van der Waals surface area (Å²) in [5.74, 6) is 1.22. The Balaban J connectivity index is 3.64. The highest BCUT2D eigenvalue weighted by atomic mass is 32.2. The first-order valence-corrected chi connectivity index (χ1v) is 8.10. The quantitative estimate of drug-likeness (QED) is 0.328. The lowest BCUT2D eigenvalue weighted by Crippen LogP contribution is -2.46. The fraction of sp³-hybridized carbons (Fsp3) is 1.00. The minimum absolute atomic E-state index is 0.310. The van der Waals surface area contributed by atoms with Crippen LogP contribution in [0, 0.1) is 0 Å². The van der Waals surface area contributed by atoms with Gasteiger partial charge in [0.2, 0.25) is 0 Å². The smallest absolute Gasteiger partial charge is 0.111 e. The van der Waals surface area contributed by atoms with Crippen molar-refractivity contribution in [3.05, 3.63) is 0 Å². The number of hydrogen-bond donors (Lipinski definition) is 5. The van der Waals surface area contributed by atoms with Crippen LogP contribution in [0.4, 0.5) is 0 Å². The van der Waals surface area contributed by atoms with Gasteiger partial charge in [0.05, 0.1) is 12.7 Å². The van der Waals surface area contributed by atoms with Crippen LogP contribution in [0.25, 0.3) is 0 Å². The van der Waals surface area contributed by atoms with Crippen molar-refractivity contribution >= 4 is 11.8 Å². The van der Waals surface area contributed by atoms with Crippen molar-refractivity contribution in [3.8, 4) is 0 Å². The molecule has 0 unspecified atom stereocenters. The Labute approximate surface area is 119 Å². The van der Waals surface area contributed by atoms with E-state index in [4.69, 9.17) is 10.2 Å². The van der Waals surface area contributed by atoms with E-state index in [2.05, 4.69) is 6.92 Å². The van der Waals surface area contributed by atoms with E-state index in [0.717, 1.165) is 12.2 Å². The van der Waals surface area contributed by atoms with Crippen LogP contribution in [0.1, 0.15) is 39.0 Å². The molecule has 0 amide bonds. The van der Waals surface area contributed by atoms with E-state index in [9.17, 15) is 15.3 Å². The van der Waals surface area contributed by atoms with E-state index < -0.39 is 31.0 Å². The molecule has 4 atom stereocenters. The molecule has 0 heterocycles. The maximum atomic E-state index is 9.65. The maximum absolute atomic E-state index is 9.65. The average Bonchev–Trinajstić information content (AvgIpc) is 2.43. The van der Waals surface area contributed by atoms with Crippen molar-refractivity contribution in [1.82, 2.24) is 0 Å². The molecule has 6 heteroatoms. The molecule has 0 aliphatic heterocycles. The fourth-order valence-corrected chi connectivity index (χ4v) is 2.69. The Morgan fingerprint density at radius 2 is 1.42 bits per heavy atom. The number of aliphatic hydroxyl groups excluding tert-OH is 5. The van der Waals surface area contributed by atoms with Gasteiger partial charge in [-0.15, -0.1) is 0 Å². The van der Waals surface area contributed by atoms with Crippen LogP contribution >= 0.6 is 11.8 Å². The molecule has 5 N–H and O–H groups in total. The van der Waals surface area contributed by atoms with Crippen molar-refractivity contribution < 1.29 is 25.5 Å². The fourth-order valence-electron chi connectivity index (χ4n) is 1.67. The summed E-state index contributed by atoms with van der Waals surface area (Å²) in [6.45, 7) is 1.52. The van der Waals surface area contributed by atoms with Gasteiger partial charge in [0.15, 0.2) is 0 Å². The van der Waals surface area contributed by atoms with E-state index in [1.54, 1.807) is 0 Å². The topological polar surface area (TPSA) is 101 Å². The molecule has 0 fully saturated rings. The summed E-state index contributed by atoms with van der Waals surface area (Å²) in [6.07, 6.45) is 0.449. The highest BCUT2D eigenvalue weighted by molar-refractivity contribution is 7.99. The van der Waals surface area contributed by atoms with Crippen LogP contribution in [-0.4, -0.2) is 68.1 Å². The van der Waals surface area contributed by atoms with Gasteiger partial charge < -0.3 is 25.5 Å². The van der Waals surface area contributed by atoms with Gasteiger partial charge in [-0.3, -0.25) is 0 Å². The Morgan fingerprint density at radius 3 is 2.00 bits per heavy atom. The zero-order valence-corrected chi connectivity index (χ0v) is 12.4. The Morgan fingerprint density at radius 1 is 0.842 bits per heavy atom. The van der Waals surface area contributed by atoms with Crippen LogP contribution in [0.5, 0.6) is 0 Å². The summed E-state index contributed by atoms with van der Waals surface area (Å²) < 4.78 is 0. The van der Waals surface area contributed by atoms with Gasteiger partial charge in [-0.05, 0) is 12.2 Å². The first-order valence-electron chi connectivity index (χ1n) is 6.95. The predicted molar refractivity (Wildman–Crippen MR) is 77.2 cm³/mol. The summed E-state index contributed by atoms with van der Waals surface area (Å²) in [6, 6.07) is 0. The second-order valence-corrected chi connectivity index (χ2v) is 5.94. The summed E-state index contributed by atoms with van der Waals surface area (Å²) in [4.78, 5) is 0. The molecule has 116 valence electrons. The molecule has 5 nitrogen and oxygen atoms in total. The Kier molecular flexibility index (Phi) is 12.0. The van der Waals surface area contributed by atoms with Gasteiger partial charge in [-0.2, -0.15) is 11.8 Å². The van der Waals surface area contributed by atoms with Crippen LogP contribution in [0.2, 0.25) is 0 Å². The van der Waals surface area contributed by atoms with Crippen molar-refractivity contribution in [3.63, 3.8) is 0 Å². The highest BCUT2D eigenvalue weighted by Crippen LogP contribution is 2.13. The normalized spacial score (nSPS) is 18.0. The number of rotatable bonds is 12. The number of unbranched alkanes of at least 4 members (excludes halogenated alkanes) is 4. The lowest BCUT2D eigenvalue weighted by atomic mass is 10.0. The Bertz CT molecular complexity index is 205. The van der Waals surface area contributed by atoms with Crippen LogP contribution in [0.15, 0.2) is 0 Å². The molecular formula is C13H28O5S.